The van der Waals surface area contributed by atoms with Gasteiger partial charge in [0.1, 0.15) is 4.60 Å². The van der Waals surface area contributed by atoms with Gasteiger partial charge in [-0.3, -0.25) is 15.2 Å². The van der Waals surface area contributed by atoms with Gasteiger partial charge >= 0.3 is 0 Å². The van der Waals surface area contributed by atoms with Gasteiger partial charge in [-0.25, -0.2) is 4.98 Å². The highest BCUT2D eigenvalue weighted by Crippen LogP contribution is 2.19. The largest absolute Gasteiger partial charge is 0.276 e. The van der Waals surface area contributed by atoms with E-state index in [0.717, 1.165) is 43.5 Å². The van der Waals surface area contributed by atoms with Crippen molar-refractivity contribution in [2.24, 2.45) is 0 Å². The van der Waals surface area contributed by atoms with Crippen molar-refractivity contribution in [1.29, 1.82) is 0 Å². The SMILES string of the molecule is Cc1cc2cn[nH]c2c(Br)n1.Cc1cc2cn[nH]c2c(C)n1. The minimum Gasteiger partial charge on any atom is -0.276 e. The fourth-order valence-corrected chi connectivity index (χ4v) is 2.91. The highest BCUT2D eigenvalue weighted by molar-refractivity contribution is 9.10. The van der Waals surface area contributed by atoms with Crippen molar-refractivity contribution >= 4 is 37.7 Å². The number of rotatable bonds is 0. The Morgan fingerprint density at radius 3 is 2.05 bits per heavy atom. The Bertz CT molecular complexity index is 862. The second-order valence-electron chi connectivity index (χ2n) is 5.07. The third kappa shape index (κ3) is 2.85. The molecular weight excluding hydrogens is 344 g/mol. The summed E-state index contributed by atoms with van der Waals surface area (Å²) in [5.41, 5.74) is 5.03. The molecule has 0 amide bonds. The Balaban J connectivity index is 0.000000131. The lowest BCUT2D eigenvalue weighted by atomic mass is 10.2. The van der Waals surface area contributed by atoms with Gasteiger partial charge in [-0.2, -0.15) is 10.2 Å². The molecule has 6 nitrogen and oxygen atoms in total. The molecule has 0 fully saturated rings. The Labute approximate surface area is 135 Å². The number of hydrogen-bond acceptors (Lipinski definition) is 4. The average Bonchev–Trinajstić information content (AvgIpc) is 3.07. The molecule has 0 bridgehead atoms. The molecule has 0 aromatic carbocycles. The van der Waals surface area contributed by atoms with Crippen LogP contribution in [0.1, 0.15) is 17.1 Å². The first-order chi connectivity index (χ1) is 10.5. The predicted molar refractivity (Wildman–Crippen MR) is 89.7 cm³/mol. The first kappa shape index (κ1) is 14.6. The molecule has 2 N–H and O–H groups in total. The molecule has 4 aromatic heterocycles. The van der Waals surface area contributed by atoms with Crippen LogP contribution in [0, 0.1) is 20.8 Å². The van der Waals surface area contributed by atoms with Gasteiger partial charge < -0.3 is 0 Å². The van der Waals surface area contributed by atoms with Crippen LogP contribution in [-0.2, 0) is 0 Å². The van der Waals surface area contributed by atoms with Gasteiger partial charge in [0.05, 0.1) is 29.1 Å². The van der Waals surface area contributed by atoms with Crippen molar-refractivity contribution in [1.82, 2.24) is 30.4 Å². The minimum absolute atomic E-state index is 0.824. The number of fused-ring (bicyclic) bond motifs is 2. The zero-order valence-corrected chi connectivity index (χ0v) is 14.1. The summed E-state index contributed by atoms with van der Waals surface area (Å²) in [5, 5.41) is 15.8. The van der Waals surface area contributed by atoms with E-state index in [1.165, 1.54) is 0 Å². The molecular formula is C15H15BrN6. The molecule has 4 rings (SSSR count). The molecule has 0 atom stereocenters. The number of halogens is 1. The van der Waals surface area contributed by atoms with Gasteiger partial charge in [-0.05, 0) is 48.8 Å². The van der Waals surface area contributed by atoms with Crippen LogP contribution in [-0.4, -0.2) is 30.4 Å². The lowest BCUT2D eigenvalue weighted by molar-refractivity contribution is 1.09. The molecule has 0 unspecified atom stereocenters. The van der Waals surface area contributed by atoms with Crippen molar-refractivity contribution in [3.05, 3.63) is 46.2 Å². The Morgan fingerprint density at radius 1 is 0.818 bits per heavy atom. The molecule has 7 heteroatoms. The summed E-state index contributed by atoms with van der Waals surface area (Å²) in [7, 11) is 0. The lowest BCUT2D eigenvalue weighted by Crippen LogP contribution is -1.86. The fraction of sp³-hybridized carbons (Fsp3) is 0.200. The van der Waals surface area contributed by atoms with E-state index in [9.17, 15) is 0 Å². The zero-order valence-electron chi connectivity index (χ0n) is 12.5. The first-order valence-electron chi connectivity index (χ1n) is 6.78. The molecule has 112 valence electrons. The third-order valence-corrected chi connectivity index (χ3v) is 3.83. The van der Waals surface area contributed by atoms with Crippen LogP contribution in [0.25, 0.3) is 21.8 Å². The van der Waals surface area contributed by atoms with Crippen LogP contribution in [0.4, 0.5) is 0 Å². The van der Waals surface area contributed by atoms with Crippen LogP contribution >= 0.6 is 15.9 Å². The number of aryl methyl sites for hydroxylation is 3. The van der Waals surface area contributed by atoms with E-state index in [1.807, 2.05) is 39.1 Å². The Hall–Kier alpha value is -2.28. The van der Waals surface area contributed by atoms with Crippen LogP contribution in [0.15, 0.2) is 29.1 Å². The first-order valence-corrected chi connectivity index (χ1v) is 7.57. The fourth-order valence-electron chi connectivity index (χ4n) is 2.31. The van der Waals surface area contributed by atoms with E-state index in [1.54, 1.807) is 6.20 Å². The van der Waals surface area contributed by atoms with Gasteiger partial charge in [-0.1, -0.05) is 0 Å². The maximum absolute atomic E-state index is 4.30. The van der Waals surface area contributed by atoms with Crippen molar-refractivity contribution in [2.75, 3.05) is 0 Å². The smallest absolute Gasteiger partial charge is 0.132 e. The molecule has 0 aliphatic rings. The summed E-state index contributed by atoms with van der Waals surface area (Å²) in [5.74, 6) is 0. The summed E-state index contributed by atoms with van der Waals surface area (Å²) < 4.78 is 0.824. The molecule has 0 saturated heterocycles. The summed E-state index contributed by atoms with van der Waals surface area (Å²) in [6.45, 7) is 5.92. The van der Waals surface area contributed by atoms with Gasteiger partial charge in [0, 0.05) is 22.2 Å². The minimum atomic E-state index is 0.824. The summed E-state index contributed by atoms with van der Waals surface area (Å²) in [6.07, 6.45) is 3.60. The number of nitrogens with one attached hydrogen (secondary N) is 2. The van der Waals surface area contributed by atoms with Gasteiger partial charge in [0.25, 0.3) is 0 Å². The van der Waals surface area contributed by atoms with E-state index in [4.69, 9.17) is 0 Å². The second-order valence-corrected chi connectivity index (χ2v) is 5.82. The van der Waals surface area contributed by atoms with E-state index in [0.29, 0.717) is 0 Å². The second kappa shape index (κ2) is 5.84. The van der Waals surface area contributed by atoms with Crippen LogP contribution in [0.5, 0.6) is 0 Å². The number of aromatic nitrogens is 6. The Kier molecular flexibility index (Phi) is 3.89. The summed E-state index contributed by atoms with van der Waals surface area (Å²) in [4.78, 5) is 8.52. The molecule has 0 aliphatic heterocycles. The Morgan fingerprint density at radius 2 is 1.36 bits per heavy atom. The van der Waals surface area contributed by atoms with E-state index in [2.05, 4.69) is 46.3 Å². The molecule has 0 spiro atoms. The van der Waals surface area contributed by atoms with Crippen molar-refractivity contribution in [3.63, 3.8) is 0 Å². The number of H-pyrrole nitrogens is 2. The molecule has 4 aromatic rings. The van der Waals surface area contributed by atoms with Crippen LogP contribution < -0.4 is 0 Å². The number of aromatic amines is 2. The summed E-state index contributed by atoms with van der Waals surface area (Å²) in [6, 6.07) is 4.01. The number of nitrogens with zero attached hydrogens (tertiary/aromatic N) is 4. The van der Waals surface area contributed by atoms with E-state index in [-0.39, 0.29) is 0 Å². The van der Waals surface area contributed by atoms with Gasteiger partial charge in [-0.15, -0.1) is 0 Å². The molecule has 4 heterocycles. The highest BCUT2D eigenvalue weighted by atomic mass is 79.9. The molecule has 0 radical (unpaired) electrons. The van der Waals surface area contributed by atoms with Gasteiger partial charge in [0.2, 0.25) is 0 Å². The van der Waals surface area contributed by atoms with Crippen LogP contribution in [0.3, 0.4) is 0 Å². The van der Waals surface area contributed by atoms with Crippen molar-refractivity contribution < 1.29 is 0 Å². The summed E-state index contributed by atoms with van der Waals surface area (Å²) >= 11 is 3.34. The quantitative estimate of drug-likeness (QED) is 0.470. The number of pyridine rings is 2. The average molecular weight is 359 g/mol. The van der Waals surface area contributed by atoms with E-state index >= 15 is 0 Å². The highest BCUT2D eigenvalue weighted by Gasteiger charge is 2.01. The lowest BCUT2D eigenvalue weighted by Gasteiger charge is -1.95. The third-order valence-electron chi connectivity index (χ3n) is 3.25. The van der Waals surface area contributed by atoms with Crippen molar-refractivity contribution in [3.8, 4) is 0 Å². The molecule has 0 aliphatic carbocycles. The standard InChI is InChI=1S/C8H9N3.C7H6BrN3/c1-5-3-7-4-9-11-8(7)6(2)10-5;1-4-2-5-3-9-11-6(5)7(8)10-4/h3-4H,1-2H3,(H,9,11);2-3H,1H3,(H,9,11). The van der Waals surface area contributed by atoms with E-state index < -0.39 is 0 Å². The van der Waals surface area contributed by atoms with Gasteiger partial charge in [0.15, 0.2) is 0 Å². The molecule has 0 saturated carbocycles. The maximum Gasteiger partial charge on any atom is 0.132 e. The normalized spacial score (nSPS) is 10.7. The maximum atomic E-state index is 4.30. The topological polar surface area (TPSA) is 83.1 Å². The number of hydrogen-bond donors (Lipinski definition) is 2. The zero-order chi connectivity index (χ0) is 15.7. The van der Waals surface area contributed by atoms with Crippen LogP contribution in [0.2, 0.25) is 0 Å². The monoisotopic (exact) mass is 358 g/mol. The van der Waals surface area contributed by atoms with Crippen molar-refractivity contribution in [2.45, 2.75) is 20.8 Å². The molecule has 22 heavy (non-hydrogen) atoms. The predicted octanol–water partition coefficient (Wildman–Crippen LogP) is 3.60.